The third-order valence-electron chi connectivity index (χ3n) is 2.92. The van der Waals surface area contributed by atoms with E-state index in [9.17, 15) is 4.39 Å². The highest BCUT2D eigenvalue weighted by molar-refractivity contribution is 9.11. The average Bonchev–Trinajstić information content (AvgIpc) is 2.66. The zero-order chi connectivity index (χ0) is 14.0. The summed E-state index contributed by atoms with van der Waals surface area (Å²) in [6.45, 7) is 4.93. The van der Waals surface area contributed by atoms with Crippen molar-refractivity contribution in [1.29, 1.82) is 0 Å². The van der Waals surface area contributed by atoms with Crippen LogP contribution in [0, 0.1) is 12.7 Å². The van der Waals surface area contributed by atoms with Gasteiger partial charge >= 0.3 is 0 Å². The number of aryl methyl sites for hydroxylation is 1. The molecular formula is C14H14BrClFNS. The van der Waals surface area contributed by atoms with Gasteiger partial charge in [0.1, 0.15) is 5.82 Å². The minimum absolute atomic E-state index is 0.0133. The van der Waals surface area contributed by atoms with Crippen LogP contribution < -0.4 is 5.32 Å². The highest BCUT2D eigenvalue weighted by atomic mass is 79.9. The van der Waals surface area contributed by atoms with E-state index in [2.05, 4.69) is 34.2 Å². The highest BCUT2D eigenvalue weighted by Gasteiger charge is 2.20. The van der Waals surface area contributed by atoms with Crippen molar-refractivity contribution in [3.05, 3.63) is 54.9 Å². The Morgan fingerprint density at radius 2 is 2.11 bits per heavy atom. The van der Waals surface area contributed by atoms with E-state index in [1.807, 2.05) is 6.92 Å². The molecule has 1 atom stereocenters. The molecule has 1 N–H and O–H groups in total. The van der Waals surface area contributed by atoms with Crippen molar-refractivity contribution in [3.63, 3.8) is 0 Å². The number of halogens is 3. The number of rotatable bonds is 4. The van der Waals surface area contributed by atoms with Crippen molar-refractivity contribution in [1.82, 2.24) is 5.32 Å². The first kappa shape index (κ1) is 15.0. The first-order chi connectivity index (χ1) is 9.02. The fraction of sp³-hybridized carbons (Fsp3) is 0.286. The van der Waals surface area contributed by atoms with Gasteiger partial charge in [0.2, 0.25) is 0 Å². The Morgan fingerprint density at radius 1 is 1.37 bits per heavy atom. The molecule has 0 amide bonds. The second-order valence-electron chi connectivity index (χ2n) is 4.22. The molecule has 2 aromatic rings. The van der Waals surface area contributed by atoms with Crippen LogP contribution in [0.5, 0.6) is 0 Å². The van der Waals surface area contributed by atoms with Crippen LogP contribution in [0.25, 0.3) is 0 Å². The quantitative estimate of drug-likeness (QED) is 0.777. The molecule has 0 aliphatic rings. The molecule has 0 saturated carbocycles. The number of hydrogen-bond acceptors (Lipinski definition) is 2. The highest BCUT2D eigenvalue weighted by Crippen LogP contribution is 2.36. The second-order valence-corrected chi connectivity index (χ2v) is 7.26. The largest absolute Gasteiger partial charge is 0.306 e. The van der Waals surface area contributed by atoms with Crippen LogP contribution in [0.4, 0.5) is 4.39 Å². The van der Waals surface area contributed by atoms with Crippen molar-refractivity contribution >= 4 is 38.9 Å². The maximum atomic E-state index is 13.2. The van der Waals surface area contributed by atoms with E-state index in [-0.39, 0.29) is 11.9 Å². The maximum Gasteiger partial charge on any atom is 0.124 e. The molecule has 1 aromatic heterocycles. The summed E-state index contributed by atoms with van der Waals surface area (Å²) in [5, 5.41) is 3.86. The molecular weight excluding hydrogens is 349 g/mol. The van der Waals surface area contributed by atoms with Crippen LogP contribution in [0.15, 0.2) is 28.1 Å². The molecule has 2 rings (SSSR count). The van der Waals surface area contributed by atoms with E-state index in [1.165, 1.54) is 22.6 Å². The molecule has 1 unspecified atom stereocenters. The molecule has 0 aliphatic heterocycles. The third kappa shape index (κ3) is 3.37. The van der Waals surface area contributed by atoms with Gasteiger partial charge < -0.3 is 5.32 Å². The molecule has 1 aromatic carbocycles. The summed E-state index contributed by atoms with van der Waals surface area (Å²) in [6.07, 6.45) is 0. The maximum absolute atomic E-state index is 13.2. The minimum atomic E-state index is -0.313. The molecule has 1 heterocycles. The zero-order valence-corrected chi connectivity index (χ0v) is 13.8. The van der Waals surface area contributed by atoms with Gasteiger partial charge in [-0.05, 0) is 58.7 Å². The molecule has 0 saturated heterocycles. The van der Waals surface area contributed by atoms with Gasteiger partial charge in [0.25, 0.3) is 0 Å². The zero-order valence-electron chi connectivity index (χ0n) is 10.6. The summed E-state index contributed by atoms with van der Waals surface area (Å²) < 4.78 is 14.3. The Hall–Kier alpha value is -0.420. The molecule has 0 spiro atoms. The van der Waals surface area contributed by atoms with Crippen molar-refractivity contribution < 1.29 is 4.39 Å². The average molecular weight is 363 g/mol. The van der Waals surface area contributed by atoms with Gasteiger partial charge in [-0.1, -0.05) is 24.6 Å². The lowest BCUT2D eigenvalue weighted by Gasteiger charge is -2.20. The van der Waals surface area contributed by atoms with Gasteiger partial charge in [0, 0.05) is 9.90 Å². The van der Waals surface area contributed by atoms with Crippen LogP contribution >= 0.6 is 38.9 Å². The molecule has 0 bridgehead atoms. The van der Waals surface area contributed by atoms with Crippen LogP contribution in [0.2, 0.25) is 5.02 Å². The summed E-state index contributed by atoms with van der Waals surface area (Å²) in [5.41, 5.74) is 2.07. The predicted octanol–water partition coefficient (Wildman–Crippen LogP) is 5.31. The first-order valence-corrected chi connectivity index (χ1v) is 7.95. The topological polar surface area (TPSA) is 12.0 Å². The van der Waals surface area contributed by atoms with Gasteiger partial charge in [0.05, 0.1) is 9.83 Å². The SMILES string of the molecule is CCNC(c1ccc(F)cc1Cl)c1cc(Br)sc1C. The van der Waals surface area contributed by atoms with Crippen molar-refractivity contribution in [2.75, 3.05) is 6.54 Å². The molecule has 0 fully saturated rings. The standard InChI is InChI=1S/C14H14BrClFNS/c1-3-18-14(11-7-13(15)19-8(11)2)10-5-4-9(17)6-12(10)16/h4-7,14,18H,3H2,1-2H3. The van der Waals surface area contributed by atoms with Gasteiger partial charge in [-0.3, -0.25) is 0 Å². The fourth-order valence-corrected chi connectivity index (χ4v) is 4.10. The second kappa shape index (κ2) is 6.35. The number of nitrogens with one attached hydrogen (secondary N) is 1. The normalized spacial score (nSPS) is 12.7. The number of thiophene rings is 1. The summed E-state index contributed by atoms with van der Waals surface area (Å²) in [4.78, 5) is 1.22. The summed E-state index contributed by atoms with van der Waals surface area (Å²) in [7, 11) is 0. The van der Waals surface area contributed by atoms with Gasteiger partial charge in [0.15, 0.2) is 0 Å². The lowest BCUT2D eigenvalue weighted by molar-refractivity contribution is 0.613. The lowest BCUT2D eigenvalue weighted by atomic mass is 9.99. The Labute approximate surface area is 129 Å². The molecule has 102 valence electrons. The summed E-state index contributed by atoms with van der Waals surface area (Å²) >= 11 is 11.4. The lowest BCUT2D eigenvalue weighted by Crippen LogP contribution is -2.22. The van der Waals surface area contributed by atoms with Crippen LogP contribution in [0.3, 0.4) is 0 Å². The molecule has 0 aliphatic carbocycles. The molecule has 0 radical (unpaired) electrons. The smallest absolute Gasteiger partial charge is 0.124 e. The van der Waals surface area contributed by atoms with E-state index < -0.39 is 0 Å². The summed E-state index contributed by atoms with van der Waals surface area (Å²) in [5.74, 6) is -0.313. The predicted molar refractivity (Wildman–Crippen MR) is 83.7 cm³/mol. The Morgan fingerprint density at radius 3 is 2.63 bits per heavy atom. The number of benzene rings is 1. The van der Waals surface area contributed by atoms with Crippen LogP contribution in [0.1, 0.15) is 29.0 Å². The monoisotopic (exact) mass is 361 g/mol. The Balaban J connectivity index is 2.48. The van der Waals surface area contributed by atoms with Gasteiger partial charge in [-0.2, -0.15) is 0 Å². The van der Waals surface area contributed by atoms with E-state index in [0.717, 1.165) is 15.9 Å². The Bertz CT molecular complexity index is 585. The first-order valence-electron chi connectivity index (χ1n) is 5.97. The fourth-order valence-electron chi connectivity index (χ4n) is 2.07. The van der Waals surface area contributed by atoms with Crippen molar-refractivity contribution in [2.45, 2.75) is 19.9 Å². The molecule has 5 heteroatoms. The summed E-state index contributed by atoms with van der Waals surface area (Å²) in [6, 6.07) is 6.63. The van der Waals surface area contributed by atoms with Crippen LogP contribution in [-0.2, 0) is 0 Å². The van der Waals surface area contributed by atoms with Crippen molar-refractivity contribution in [3.8, 4) is 0 Å². The van der Waals surface area contributed by atoms with Gasteiger partial charge in [-0.15, -0.1) is 11.3 Å². The van der Waals surface area contributed by atoms with Crippen molar-refractivity contribution in [2.24, 2.45) is 0 Å². The third-order valence-corrected chi connectivity index (χ3v) is 4.82. The van der Waals surface area contributed by atoms with Crippen LogP contribution in [-0.4, -0.2) is 6.54 Å². The Kier molecular flexibility index (Phi) is 5.01. The van der Waals surface area contributed by atoms with E-state index in [0.29, 0.717) is 5.02 Å². The molecule has 19 heavy (non-hydrogen) atoms. The van der Waals surface area contributed by atoms with E-state index in [4.69, 9.17) is 11.6 Å². The molecule has 1 nitrogen and oxygen atoms in total. The van der Waals surface area contributed by atoms with E-state index in [1.54, 1.807) is 17.4 Å². The van der Waals surface area contributed by atoms with E-state index >= 15 is 0 Å². The van der Waals surface area contributed by atoms with Gasteiger partial charge in [-0.25, -0.2) is 4.39 Å². The minimum Gasteiger partial charge on any atom is -0.306 e. The number of hydrogen-bond donors (Lipinski definition) is 1.